The molecule has 0 bridgehead atoms. The summed E-state index contributed by atoms with van der Waals surface area (Å²) in [5, 5.41) is 21.7. The number of fused-ring (bicyclic) bond motifs is 3. The van der Waals surface area contributed by atoms with Crippen LogP contribution in [-0.4, -0.2) is 29.9 Å². The Kier molecular flexibility index (Phi) is 5.48. The number of hydrogen-bond donors (Lipinski definition) is 4. The molecule has 7 heteroatoms. The highest BCUT2D eigenvalue weighted by Gasteiger charge is 2.29. The molecule has 0 aliphatic heterocycles. The molecule has 152 valence electrons. The molecular weight excluding hydrogens is 379 g/mol. The first-order valence-corrected chi connectivity index (χ1v) is 9.79. The summed E-state index contributed by atoms with van der Waals surface area (Å²) in [5.41, 5.74) is 12.6. The molecule has 0 saturated carbocycles. The van der Waals surface area contributed by atoms with Crippen LogP contribution in [-0.2, 0) is 11.3 Å². The van der Waals surface area contributed by atoms with Crippen LogP contribution < -0.4 is 16.5 Å². The molecule has 3 aromatic rings. The van der Waals surface area contributed by atoms with Gasteiger partial charge in [-0.05, 0) is 51.8 Å². The van der Waals surface area contributed by atoms with Crippen molar-refractivity contribution in [3.63, 3.8) is 0 Å². The van der Waals surface area contributed by atoms with Crippen LogP contribution in [0.5, 0.6) is 0 Å². The number of nitrogens with two attached hydrogens (primary N) is 1. The SMILES string of the molecule is Cc1c(N)cc(CNC(=O)OCC2c3ccccc3-c3ccccc32)cc1B(O)O. The number of benzene rings is 3. The van der Waals surface area contributed by atoms with Crippen molar-refractivity contribution in [3.05, 3.63) is 82.9 Å². The van der Waals surface area contributed by atoms with Crippen molar-refractivity contribution < 1.29 is 19.6 Å². The minimum atomic E-state index is -1.62. The van der Waals surface area contributed by atoms with Gasteiger partial charge in [0.25, 0.3) is 0 Å². The molecule has 30 heavy (non-hydrogen) atoms. The maximum atomic E-state index is 12.3. The number of anilines is 1. The standard InChI is InChI=1S/C23H23BN2O4/c1-14-21(24(28)29)10-15(11-22(14)25)12-26-23(27)30-13-20-18-8-4-2-6-16(18)17-7-3-5-9-19(17)20/h2-11,20,28-29H,12-13,25H2,1H3,(H,26,27). The average Bonchev–Trinajstić information content (AvgIpc) is 3.06. The highest BCUT2D eigenvalue weighted by molar-refractivity contribution is 6.59. The van der Waals surface area contributed by atoms with Crippen molar-refractivity contribution in [3.8, 4) is 11.1 Å². The van der Waals surface area contributed by atoms with Gasteiger partial charge in [0.15, 0.2) is 0 Å². The molecule has 6 nitrogen and oxygen atoms in total. The average molecular weight is 402 g/mol. The van der Waals surface area contributed by atoms with Gasteiger partial charge in [0.2, 0.25) is 0 Å². The molecule has 3 aromatic carbocycles. The van der Waals surface area contributed by atoms with Crippen LogP contribution >= 0.6 is 0 Å². The van der Waals surface area contributed by atoms with Crippen LogP contribution in [0.4, 0.5) is 10.5 Å². The van der Waals surface area contributed by atoms with Gasteiger partial charge in [-0.15, -0.1) is 0 Å². The van der Waals surface area contributed by atoms with Gasteiger partial charge in [-0.2, -0.15) is 0 Å². The van der Waals surface area contributed by atoms with E-state index >= 15 is 0 Å². The highest BCUT2D eigenvalue weighted by atomic mass is 16.5. The van der Waals surface area contributed by atoms with Gasteiger partial charge >= 0.3 is 13.2 Å². The van der Waals surface area contributed by atoms with Crippen molar-refractivity contribution in [2.75, 3.05) is 12.3 Å². The third-order valence-corrected chi connectivity index (χ3v) is 5.61. The van der Waals surface area contributed by atoms with Crippen molar-refractivity contribution in [2.24, 2.45) is 0 Å². The number of ether oxygens (including phenoxy) is 1. The van der Waals surface area contributed by atoms with Gasteiger partial charge in [-0.25, -0.2) is 4.79 Å². The number of rotatable bonds is 5. The molecule has 1 aliphatic carbocycles. The molecule has 5 N–H and O–H groups in total. The van der Waals surface area contributed by atoms with Crippen molar-refractivity contribution in [1.82, 2.24) is 5.32 Å². The Balaban J connectivity index is 1.42. The fraction of sp³-hybridized carbons (Fsp3) is 0.174. The van der Waals surface area contributed by atoms with E-state index in [9.17, 15) is 14.8 Å². The lowest BCUT2D eigenvalue weighted by Gasteiger charge is -2.15. The Morgan fingerprint density at radius 3 is 2.27 bits per heavy atom. The summed E-state index contributed by atoms with van der Waals surface area (Å²) in [5.74, 6) is -0.00527. The Morgan fingerprint density at radius 2 is 1.67 bits per heavy atom. The summed E-state index contributed by atoms with van der Waals surface area (Å²) in [7, 11) is -1.62. The predicted octanol–water partition coefficient (Wildman–Crippen LogP) is 2.30. The quantitative estimate of drug-likeness (QED) is 0.387. The smallest absolute Gasteiger partial charge is 0.449 e. The lowest BCUT2D eigenvalue weighted by atomic mass is 9.76. The number of carbonyl (C=O) groups is 1. The molecule has 0 atom stereocenters. The zero-order chi connectivity index (χ0) is 21.3. The van der Waals surface area contributed by atoms with Crippen molar-refractivity contribution in [2.45, 2.75) is 19.4 Å². The number of carbonyl (C=O) groups excluding carboxylic acids is 1. The van der Waals surface area contributed by atoms with Crippen LogP contribution in [0.15, 0.2) is 60.7 Å². The number of amides is 1. The molecule has 0 saturated heterocycles. The van der Waals surface area contributed by atoms with Gasteiger partial charge in [0.1, 0.15) is 6.61 Å². The molecule has 4 rings (SSSR count). The molecule has 0 spiro atoms. The second-order valence-electron chi connectivity index (χ2n) is 7.45. The minimum absolute atomic E-state index is 0.00527. The van der Waals surface area contributed by atoms with Crippen LogP contribution in [0, 0.1) is 6.92 Å². The van der Waals surface area contributed by atoms with E-state index in [1.165, 1.54) is 11.1 Å². The zero-order valence-corrected chi connectivity index (χ0v) is 16.6. The van der Waals surface area contributed by atoms with E-state index < -0.39 is 13.2 Å². The van der Waals surface area contributed by atoms with Gasteiger partial charge in [0.05, 0.1) is 0 Å². The summed E-state index contributed by atoms with van der Waals surface area (Å²) >= 11 is 0. The Bertz CT molecular complexity index is 1050. The van der Waals surface area contributed by atoms with E-state index in [1.54, 1.807) is 19.1 Å². The minimum Gasteiger partial charge on any atom is -0.449 e. The van der Waals surface area contributed by atoms with E-state index in [4.69, 9.17) is 10.5 Å². The summed E-state index contributed by atoms with van der Waals surface area (Å²) in [6, 6.07) is 19.6. The van der Waals surface area contributed by atoms with Crippen LogP contribution in [0.2, 0.25) is 0 Å². The fourth-order valence-corrected chi connectivity index (χ4v) is 4.02. The third kappa shape index (κ3) is 3.77. The molecule has 1 amide bonds. The highest BCUT2D eigenvalue weighted by Crippen LogP contribution is 2.44. The van der Waals surface area contributed by atoms with E-state index in [0.717, 1.165) is 11.1 Å². The monoisotopic (exact) mass is 402 g/mol. The first kappa shape index (κ1) is 20.0. The van der Waals surface area contributed by atoms with Gasteiger partial charge in [-0.1, -0.05) is 54.6 Å². The number of alkyl carbamates (subject to hydrolysis) is 1. The zero-order valence-electron chi connectivity index (χ0n) is 16.6. The van der Waals surface area contributed by atoms with Crippen LogP contribution in [0.1, 0.15) is 28.2 Å². The second kappa shape index (κ2) is 8.22. The summed E-state index contributed by atoms with van der Waals surface area (Å²) in [4.78, 5) is 12.3. The lowest BCUT2D eigenvalue weighted by molar-refractivity contribution is 0.142. The Morgan fingerprint density at radius 1 is 1.07 bits per heavy atom. The van der Waals surface area contributed by atoms with Crippen molar-refractivity contribution in [1.29, 1.82) is 0 Å². The van der Waals surface area contributed by atoms with Gasteiger partial charge in [-0.3, -0.25) is 0 Å². The summed E-state index contributed by atoms with van der Waals surface area (Å²) in [6.45, 7) is 2.12. The maximum Gasteiger partial charge on any atom is 0.488 e. The first-order valence-electron chi connectivity index (χ1n) is 9.79. The van der Waals surface area contributed by atoms with Crippen LogP contribution in [0.25, 0.3) is 11.1 Å². The van der Waals surface area contributed by atoms with E-state index in [2.05, 4.69) is 29.6 Å². The van der Waals surface area contributed by atoms with E-state index in [1.807, 2.05) is 24.3 Å². The van der Waals surface area contributed by atoms with Crippen molar-refractivity contribution >= 4 is 24.4 Å². The topological polar surface area (TPSA) is 105 Å². The Labute approximate surface area is 175 Å². The van der Waals surface area contributed by atoms with Gasteiger partial charge in [0, 0.05) is 18.2 Å². The van der Waals surface area contributed by atoms with Crippen LogP contribution in [0.3, 0.4) is 0 Å². The summed E-state index contributed by atoms with van der Waals surface area (Å²) < 4.78 is 5.51. The third-order valence-electron chi connectivity index (χ3n) is 5.61. The molecular formula is C23H23BN2O4. The molecule has 0 heterocycles. The van der Waals surface area contributed by atoms with E-state index in [-0.39, 0.29) is 19.1 Å². The fourth-order valence-electron chi connectivity index (χ4n) is 4.02. The molecule has 0 radical (unpaired) electrons. The summed E-state index contributed by atoms with van der Waals surface area (Å²) in [6.07, 6.45) is -0.540. The van der Waals surface area contributed by atoms with Gasteiger partial charge < -0.3 is 25.8 Å². The van der Waals surface area contributed by atoms with E-state index in [0.29, 0.717) is 22.3 Å². The number of hydrogen-bond acceptors (Lipinski definition) is 5. The predicted molar refractivity (Wildman–Crippen MR) is 117 cm³/mol. The molecule has 0 unspecified atom stereocenters. The molecule has 0 fully saturated rings. The lowest BCUT2D eigenvalue weighted by Crippen LogP contribution is -2.34. The Hall–Kier alpha value is -3.29. The number of nitrogen functional groups attached to an aromatic ring is 1. The molecule has 0 aromatic heterocycles. The largest absolute Gasteiger partial charge is 0.488 e. The number of nitrogens with one attached hydrogen (secondary N) is 1. The second-order valence-corrected chi connectivity index (χ2v) is 7.45. The first-order chi connectivity index (χ1) is 14.5. The maximum absolute atomic E-state index is 12.3. The normalized spacial score (nSPS) is 12.2. The molecule has 1 aliphatic rings.